The third-order valence-electron chi connectivity index (χ3n) is 7.48. The van der Waals surface area contributed by atoms with Gasteiger partial charge < -0.3 is 19.5 Å². The Hall–Kier alpha value is -3.76. The molecule has 41 heavy (non-hydrogen) atoms. The van der Waals surface area contributed by atoms with Crippen molar-refractivity contribution in [2.75, 3.05) is 43.1 Å². The van der Waals surface area contributed by atoms with E-state index in [9.17, 15) is 9.18 Å². The number of aromatic nitrogens is 2. The maximum absolute atomic E-state index is 14.3. The van der Waals surface area contributed by atoms with Gasteiger partial charge in [-0.1, -0.05) is 33.8 Å². The van der Waals surface area contributed by atoms with E-state index < -0.39 is 5.54 Å². The number of nitrogens with zero attached hydrogens (tertiary/aromatic N) is 5. The number of halogens is 1. The van der Waals surface area contributed by atoms with Crippen LogP contribution in [0.3, 0.4) is 0 Å². The summed E-state index contributed by atoms with van der Waals surface area (Å²) in [6.07, 6.45) is 1.68. The van der Waals surface area contributed by atoms with Gasteiger partial charge in [-0.3, -0.25) is 9.63 Å². The fraction of sp³-hybridized carbons (Fsp3) is 0.452. The highest BCUT2D eigenvalue weighted by Crippen LogP contribution is 2.43. The van der Waals surface area contributed by atoms with Crippen molar-refractivity contribution in [1.29, 1.82) is 0 Å². The normalized spacial score (nSPS) is 17.0. The van der Waals surface area contributed by atoms with Crippen LogP contribution in [0.4, 0.5) is 21.6 Å². The van der Waals surface area contributed by atoms with Gasteiger partial charge in [0.25, 0.3) is 5.91 Å². The van der Waals surface area contributed by atoms with Crippen molar-refractivity contribution in [3.05, 3.63) is 71.4 Å². The Labute approximate surface area is 242 Å². The standard InChI is InChI=1S/C29H35FN6O3.C2H6/c1-19-7-8-20(15-22(19)30)35-17-28(2,3)26-24(35)10-9-23(32-26)27(37)36-14-13-34(18-29(36,4)5)25-16-21(11-12-31-25)39-33-38-6;1-2/h7-12,15-16,33H,13-14,17-18H2,1-6H3;1-2H3. The second-order valence-corrected chi connectivity index (χ2v) is 11.4. The van der Waals surface area contributed by atoms with E-state index in [1.54, 1.807) is 37.4 Å². The minimum absolute atomic E-state index is 0.104. The van der Waals surface area contributed by atoms with Crippen LogP contribution in [-0.2, 0) is 10.3 Å². The zero-order valence-electron chi connectivity index (χ0n) is 25.3. The molecule has 1 saturated heterocycles. The number of carbonyl (C=O) groups excluding carboxylic acids is 1. The molecular formula is C31H41FN6O3. The van der Waals surface area contributed by atoms with E-state index in [2.05, 4.69) is 48.1 Å². The Bertz CT molecular complexity index is 1400. The van der Waals surface area contributed by atoms with Crippen LogP contribution >= 0.6 is 0 Å². The Balaban J connectivity index is 0.00000189. The van der Waals surface area contributed by atoms with E-state index in [1.807, 2.05) is 36.9 Å². The lowest BCUT2D eigenvalue weighted by Crippen LogP contribution is -2.61. The molecule has 9 nitrogen and oxygen atoms in total. The maximum Gasteiger partial charge on any atom is 0.273 e. The number of anilines is 3. The van der Waals surface area contributed by atoms with Crippen molar-refractivity contribution >= 4 is 23.1 Å². The van der Waals surface area contributed by atoms with Crippen molar-refractivity contribution in [2.45, 2.75) is 59.4 Å². The Morgan fingerprint density at radius 1 is 1.02 bits per heavy atom. The molecule has 0 bridgehead atoms. The van der Waals surface area contributed by atoms with Crippen molar-refractivity contribution in [2.24, 2.45) is 0 Å². The van der Waals surface area contributed by atoms with Crippen LogP contribution in [0.25, 0.3) is 0 Å². The summed E-state index contributed by atoms with van der Waals surface area (Å²) in [6, 6.07) is 12.6. The SMILES string of the molecule is CC.CONOc1ccnc(N2CCN(C(=O)c3ccc4c(n3)C(C)(C)CN4c3ccc(C)c(F)c3)C(C)(C)C2)c1. The lowest BCUT2D eigenvalue weighted by molar-refractivity contribution is -0.0796. The maximum atomic E-state index is 14.3. The molecule has 10 heteroatoms. The number of hydrogen-bond donors (Lipinski definition) is 1. The van der Waals surface area contributed by atoms with Gasteiger partial charge in [0, 0.05) is 55.6 Å². The summed E-state index contributed by atoms with van der Waals surface area (Å²) >= 11 is 0. The molecule has 2 aliphatic rings. The van der Waals surface area contributed by atoms with Gasteiger partial charge in [-0.15, -0.1) is 0 Å². The molecule has 0 unspecified atom stereocenters. The van der Waals surface area contributed by atoms with E-state index in [4.69, 9.17) is 14.7 Å². The predicted octanol–water partition coefficient (Wildman–Crippen LogP) is 5.57. The first-order valence-electron chi connectivity index (χ1n) is 14.0. The number of rotatable bonds is 6. The number of aryl methyl sites for hydroxylation is 1. The van der Waals surface area contributed by atoms with Crippen LogP contribution < -0.4 is 20.3 Å². The molecule has 1 amide bonds. The van der Waals surface area contributed by atoms with Crippen molar-refractivity contribution < 1.29 is 18.9 Å². The van der Waals surface area contributed by atoms with Gasteiger partial charge in [-0.05, 0) is 56.2 Å². The van der Waals surface area contributed by atoms with E-state index in [1.165, 1.54) is 7.11 Å². The first kappa shape index (κ1) is 30.2. The average molecular weight is 565 g/mol. The lowest BCUT2D eigenvalue weighted by atomic mass is 9.91. The molecule has 3 aromatic rings. The molecule has 0 spiro atoms. The summed E-state index contributed by atoms with van der Waals surface area (Å²) in [4.78, 5) is 39.4. The zero-order valence-corrected chi connectivity index (χ0v) is 25.3. The molecule has 1 N–H and O–H groups in total. The molecule has 5 rings (SSSR count). The first-order valence-corrected chi connectivity index (χ1v) is 14.0. The summed E-state index contributed by atoms with van der Waals surface area (Å²) in [7, 11) is 1.47. The van der Waals surface area contributed by atoms with Crippen LogP contribution in [0.1, 0.15) is 63.3 Å². The molecule has 220 valence electrons. The minimum Gasteiger partial charge on any atom is -0.383 e. The largest absolute Gasteiger partial charge is 0.383 e. The topological polar surface area (TPSA) is 83.1 Å². The molecule has 2 aromatic heterocycles. The second-order valence-electron chi connectivity index (χ2n) is 11.4. The number of hydrogen-bond acceptors (Lipinski definition) is 8. The van der Waals surface area contributed by atoms with Gasteiger partial charge in [0.1, 0.15) is 17.3 Å². The Kier molecular flexibility index (Phi) is 8.84. The number of nitrogens with one attached hydrogen (secondary N) is 1. The highest BCUT2D eigenvalue weighted by atomic mass is 19.1. The monoisotopic (exact) mass is 564 g/mol. The predicted molar refractivity (Wildman–Crippen MR) is 159 cm³/mol. The number of carbonyl (C=O) groups is 1. The number of benzene rings is 1. The number of fused-ring (bicyclic) bond motifs is 1. The highest BCUT2D eigenvalue weighted by Gasteiger charge is 2.41. The van der Waals surface area contributed by atoms with Crippen LogP contribution in [0.15, 0.2) is 48.7 Å². The number of piperazine rings is 1. The molecule has 1 aromatic carbocycles. The van der Waals surface area contributed by atoms with E-state index in [-0.39, 0.29) is 17.1 Å². The lowest BCUT2D eigenvalue weighted by Gasteiger charge is -2.47. The van der Waals surface area contributed by atoms with E-state index >= 15 is 0 Å². The summed E-state index contributed by atoms with van der Waals surface area (Å²) in [5, 5.41) is 0. The van der Waals surface area contributed by atoms with E-state index in [0.29, 0.717) is 43.2 Å². The minimum atomic E-state index is -0.472. The van der Waals surface area contributed by atoms with Gasteiger partial charge in [-0.25, -0.2) is 14.4 Å². The molecule has 0 saturated carbocycles. The second kappa shape index (κ2) is 12.0. The fourth-order valence-electron chi connectivity index (χ4n) is 5.41. The summed E-state index contributed by atoms with van der Waals surface area (Å²) < 4.78 is 14.3. The third-order valence-corrected chi connectivity index (χ3v) is 7.48. The number of pyridine rings is 2. The quantitative estimate of drug-likeness (QED) is 0.390. The van der Waals surface area contributed by atoms with Crippen molar-refractivity contribution in [3.63, 3.8) is 0 Å². The Morgan fingerprint density at radius 2 is 1.78 bits per heavy atom. The third kappa shape index (κ3) is 6.13. The Morgan fingerprint density at radius 3 is 2.46 bits per heavy atom. The summed E-state index contributed by atoms with van der Waals surface area (Å²) in [5.74, 6) is 0.995. The first-order chi connectivity index (χ1) is 19.5. The molecular weight excluding hydrogens is 523 g/mol. The molecule has 1 fully saturated rings. The molecule has 0 radical (unpaired) electrons. The molecule has 0 aliphatic carbocycles. The molecule has 4 heterocycles. The van der Waals surface area contributed by atoms with Gasteiger partial charge in [0.2, 0.25) is 0 Å². The summed E-state index contributed by atoms with van der Waals surface area (Å²) in [6.45, 7) is 16.4. The zero-order chi connectivity index (χ0) is 29.9. The fourth-order valence-corrected chi connectivity index (χ4v) is 5.41. The van der Waals surface area contributed by atoms with Gasteiger partial charge in [-0.2, -0.15) is 0 Å². The van der Waals surface area contributed by atoms with Crippen LogP contribution in [0.5, 0.6) is 5.75 Å². The smallest absolute Gasteiger partial charge is 0.273 e. The molecule has 0 atom stereocenters. The van der Waals surface area contributed by atoms with Gasteiger partial charge in [0.15, 0.2) is 5.75 Å². The molecule has 2 aliphatic heterocycles. The van der Waals surface area contributed by atoms with Gasteiger partial charge >= 0.3 is 0 Å². The van der Waals surface area contributed by atoms with Crippen LogP contribution in [-0.4, -0.2) is 59.6 Å². The van der Waals surface area contributed by atoms with Crippen molar-refractivity contribution in [1.82, 2.24) is 20.5 Å². The average Bonchev–Trinajstić information content (AvgIpc) is 3.23. The van der Waals surface area contributed by atoms with Crippen LogP contribution in [0.2, 0.25) is 0 Å². The van der Waals surface area contributed by atoms with E-state index in [0.717, 1.165) is 22.9 Å². The van der Waals surface area contributed by atoms with Crippen LogP contribution in [0, 0.1) is 12.7 Å². The highest BCUT2D eigenvalue weighted by molar-refractivity contribution is 5.94. The van der Waals surface area contributed by atoms with Crippen molar-refractivity contribution in [3.8, 4) is 5.75 Å². The van der Waals surface area contributed by atoms with Gasteiger partial charge in [0.05, 0.1) is 24.0 Å². The summed E-state index contributed by atoms with van der Waals surface area (Å²) in [5.41, 5.74) is 5.14. The number of amides is 1.